The van der Waals surface area contributed by atoms with Gasteiger partial charge in [0.2, 0.25) is 15.9 Å². The minimum Gasteiger partial charge on any atom is -0.462 e. The minimum atomic E-state index is -3.74. The molecule has 1 atom stereocenters. The molecule has 0 aliphatic carbocycles. The number of ether oxygens (including phenoxy) is 1. The second-order valence-corrected chi connectivity index (χ2v) is 9.38. The van der Waals surface area contributed by atoms with E-state index in [1.807, 2.05) is 19.9 Å². The fraction of sp³-hybridized carbons (Fsp3) is 0.391. The van der Waals surface area contributed by atoms with E-state index in [-0.39, 0.29) is 13.0 Å². The van der Waals surface area contributed by atoms with Crippen LogP contribution >= 0.6 is 0 Å². The van der Waals surface area contributed by atoms with Crippen LogP contribution in [0, 0.1) is 20.8 Å². The van der Waals surface area contributed by atoms with Crippen molar-refractivity contribution < 1.29 is 22.7 Å². The molecule has 0 aliphatic heterocycles. The molecule has 2 aromatic rings. The standard InChI is InChI=1S/C23H30N2O5S/c1-7-21(25(31(6,28)29)18-13-15(3)12-16(4)14-18)22(26)24-20-11-9-10-19(17(20)5)23(27)30-8-2/h9-14,21H,7-8H2,1-6H3,(H,24,26)/t21-/m1/s1. The number of carbonyl (C=O) groups excluding carboxylic acids is 2. The summed E-state index contributed by atoms with van der Waals surface area (Å²) in [4.78, 5) is 25.4. The lowest BCUT2D eigenvalue weighted by Crippen LogP contribution is -2.47. The van der Waals surface area contributed by atoms with Gasteiger partial charge in [-0.3, -0.25) is 9.10 Å². The Kier molecular flexibility index (Phi) is 7.84. The Labute approximate surface area is 184 Å². The van der Waals surface area contributed by atoms with Crippen molar-refractivity contribution in [2.75, 3.05) is 22.5 Å². The van der Waals surface area contributed by atoms with E-state index in [0.29, 0.717) is 22.5 Å². The van der Waals surface area contributed by atoms with Crippen LogP contribution in [0.5, 0.6) is 0 Å². The summed E-state index contributed by atoms with van der Waals surface area (Å²) in [5, 5.41) is 2.80. The number of anilines is 2. The maximum atomic E-state index is 13.2. The van der Waals surface area contributed by atoms with Crippen LogP contribution in [0.4, 0.5) is 11.4 Å². The van der Waals surface area contributed by atoms with Crippen LogP contribution in [-0.2, 0) is 19.6 Å². The third kappa shape index (κ3) is 5.85. The summed E-state index contributed by atoms with van der Waals surface area (Å²) in [6, 6.07) is 9.42. The summed E-state index contributed by atoms with van der Waals surface area (Å²) in [6.07, 6.45) is 1.36. The summed E-state index contributed by atoms with van der Waals surface area (Å²) in [5.41, 5.74) is 3.58. The number of nitrogens with one attached hydrogen (secondary N) is 1. The predicted octanol–water partition coefficient (Wildman–Crippen LogP) is 3.97. The van der Waals surface area contributed by atoms with Crippen molar-refractivity contribution in [1.29, 1.82) is 0 Å². The van der Waals surface area contributed by atoms with E-state index in [9.17, 15) is 18.0 Å². The third-order valence-corrected chi connectivity index (χ3v) is 6.06. The third-order valence-electron chi connectivity index (χ3n) is 4.88. The van der Waals surface area contributed by atoms with Gasteiger partial charge in [-0.1, -0.05) is 19.1 Å². The molecule has 0 aromatic heterocycles. The number of carbonyl (C=O) groups is 2. The van der Waals surface area contributed by atoms with E-state index < -0.39 is 27.9 Å². The van der Waals surface area contributed by atoms with Crippen LogP contribution in [0.2, 0.25) is 0 Å². The van der Waals surface area contributed by atoms with Crippen molar-refractivity contribution in [3.8, 4) is 0 Å². The van der Waals surface area contributed by atoms with Gasteiger partial charge in [0.1, 0.15) is 6.04 Å². The van der Waals surface area contributed by atoms with Crippen molar-refractivity contribution in [2.24, 2.45) is 0 Å². The van der Waals surface area contributed by atoms with Crippen LogP contribution in [0.25, 0.3) is 0 Å². The molecule has 8 heteroatoms. The summed E-state index contributed by atoms with van der Waals surface area (Å²) in [5.74, 6) is -0.952. The number of nitrogens with zero attached hydrogens (tertiary/aromatic N) is 1. The zero-order valence-corrected chi connectivity index (χ0v) is 19.7. The molecule has 168 valence electrons. The monoisotopic (exact) mass is 446 g/mol. The fourth-order valence-electron chi connectivity index (χ4n) is 3.56. The van der Waals surface area contributed by atoms with Crippen LogP contribution < -0.4 is 9.62 Å². The number of amides is 1. The van der Waals surface area contributed by atoms with Crippen LogP contribution in [-0.4, -0.2) is 39.2 Å². The maximum absolute atomic E-state index is 13.2. The molecule has 2 rings (SSSR count). The van der Waals surface area contributed by atoms with Crippen LogP contribution in [0.3, 0.4) is 0 Å². The van der Waals surface area contributed by atoms with Crippen molar-refractivity contribution in [3.63, 3.8) is 0 Å². The molecule has 0 spiro atoms. The first kappa shape index (κ1) is 24.4. The van der Waals surface area contributed by atoms with Gasteiger partial charge < -0.3 is 10.1 Å². The van der Waals surface area contributed by atoms with E-state index in [0.717, 1.165) is 21.7 Å². The van der Waals surface area contributed by atoms with E-state index in [1.54, 1.807) is 51.1 Å². The Morgan fingerprint density at radius 3 is 2.19 bits per heavy atom. The Balaban J connectivity index is 2.44. The van der Waals surface area contributed by atoms with E-state index in [2.05, 4.69) is 5.32 Å². The highest BCUT2D eigenvalue weighted by molar-refractivity contribution is 7.92. The molecule has 1 amide bonds. The molecule has 0 saturated carbocycles. The average Bonchev–Trinajstić information content (AvgIpc) is 2.65. The SMILES string of the molecule is CCOC(=O)c1cccc(NC(=O)[C@@H](CC)N(c2cc(C)cc(C)c2)S(C)(=O)=O)c1C. The Morgan fingerprint density at radius 1 is 1.06 bits per heavy atom. The Bertz CT molecular complexity index is 1060. The summed E-state index contributed by atoms with van der Waals surface area (Å²) in [7, 11) is -3.74. The van der Waals surface area contributed by atoms with Gasteiger partial charge in [0.15, 0.2) is 0 Å². The summed E-state index contributed by atoms with van der Waals surface area (Å²) >= 11 is 0. The molecule has 7 nitrogen and oxygen atoms in total. The van der Waals surface area contributed by atoms with Crippen LogP contribution in [0.15, 0.2) is 36.4 Å². The molecule has 0 heterocycles. The lowest BCUT2D eigenvalue weighted by atomic mass is 10.1. The molecule has 0 unspecified atom stereocenters. The zero-order chi connectivity index (χ0) is 23.3. The van der Waals surface area contributed by atoms with Crippen molar-refractivity contribution >= 4 is 33.3 Å². The fourth-order valence-corrected chi connectivity index (χ4v) is 4.75. The lowest BCUT2D eigenvalue weighted by Gasteiger charge is -2.30. The van der Waals surface area contributed by atoms with Gasteiger partial charge in [0.05, 0.1) is 24.1 Å². The first-order chi connectivity index (χ1) is 14.5. The molecule has 0 aliphatic rings. The number of hydrogen-bond donors (Lipinski definition) is 1. The highest BCUT2D eigenvalue weighted by Crippen LogP contribution is 2.27. The van der Waals surface area contributed by atoms with E-state index >= 15 is 0 Å². The second kappa shape index (κ2) is 9.96. The first-order valence-corrected chi connectivity index (χ1v) is 12.0. The lowest BCUT2D eigenvalue weighted by molar-refractivity contribution is -0.117. The first-order valence-electron chi connectivity index (χ1n) is 10.1. The Hall–Kier alpha value is -2.87. The van der Waals surface area contributed by atoms with Crippen molar-refractivity contribution in [1.82, 2.24) is 0 Å². The molecule has 1 N–H and O–H groups in total. The van der Waals surface area contributed by atoms with Gasteiger partial charge in [0.25, 0.3) is 0 Å². The predicted molar refractivity (Wildman–Crippen MR) is 123 cm³/mol. The van der Waals surface area contributed by atoms with Gasteiger partial charge >= 0.3 is 5.97 Å². The van der Waals surface area contributed by atoms with Gasteiger partial charge in [-0.2, -0.15) is 0 Å². The number of aryl methyl sites for hydroxylation is 2. The molecule has 0 saturated heterocycles. The summed E-state index contributed by atoms with van der Waals surface area (Å²) < 4.78 is 31.6. The zero-order valence-electron chi connectivity index (χ0n) is 18.9. The number of esters is 1. The molecule has 0 fully saturated rings. The van der Waals surface area contributed by atoms with Crippen LogP contribution in [0.1, 0.15) is 47.3 Å². The highest BCUT2D eigenvalue weighted by Gasteiger charge is 2.32. The normalized spacial score (nSPS) is 12.2. The Morgan fingerprint density at radius 2 is 1.68 bits per heavy atom. The van der Waals surface area contributed by atoms with Crippen molar-refractivity contribution in [3.05, 3.63) is 58.7 Å². The average molecular weight is 447 g/mol. The van der Waals surface area contributed by atoms with Gasteiger partial charge in [-0.25, -0.2) is 13.2 Å². The molecule has 31 heavy (non-hydrogen) atoms. The topological polar surface area (TPSA) is 92.8 Å². The smallest absolute Gasteiger partial charge is 0.338 e. The molecular formula is C23H30N2O5S. The van der Waals surface area contributed by atoms with E-state index in [4.69, 9.17) is 4.74 Å². The van der Waals surface area contributed by atoms with Gasteiger partial charge in [0, 0.05) is 5.69 Å². The largest absolute Gasteiger partial charge is 0.462 e. The molecular weight excluding hydrogens is 416 g/mol. The number of benzene rings is 2. The van der Waals surface area contributed by atoms with E-state index in [1.165, 1.54) is 0 Å². The maximum Gasteiger partial charge on any atom is 0.338 e. The molecule has 0 radical (unpaired) electrons. The van der Waals surface area contributed by atoms with Gasteiger partial charge in [-0.05, 0) is 75.1 Å². The van der Waals surface area contributed by atoms with Gasteiger partial charge in [-0.15, -0.1) is 0 Å². The number of rotatable bonds is 8. The highest BCUT2D eigenvalue weighted by atomic mass is 32.2. The quantitative estimate of drug-likeness (QED) is 0.620. The number of sulfonamides is 1. The minimum absolute atomic E-state index is 0.242. The van der Waals surface area contributed by atoms with Crippen molar-refractivity contribution in [2.45, 2.75) is 47.1 Å². The summed E-state index contributed by atoms with van der Waals surface area (Å²) in [6.45, 7) is 9.18. The molecule has 0 bridgehead atoms. The second-order valence-electron chi connectivity index (χ2n) is 7.52. The number of hydrogen-bond acceptors (Lipinski definition) is 5. The molecule has 2 aromatic carbocycles.